The summed E-state index contributed by atoms with van der Waals surface area (Å²) in [5.74, 6) is -0.0187. The van der Waals surface area contributed by atoms with Crippen LogP contribution in [0.25, 0.3) is 0 Å². The van der Waals surface area contributed by atoms with Crippen LogP contribution in [0.4, 0.5) is 14.9 Å². The van der Waals surface area contributed by atoms with Gasteiger partial charge >= 0.3 is 6.03 Å². The van der Waals surface area contributed by atoms with Crippen molar-refractivity contribution in [2.24, 2.45) is 0 Å². The summed E-state index contributed by atoms with van der Waals surface area (Å²) in [7, 11) is 0. The summed E-state index contributed by atoms with van der Waals surface area (Å²) >= 11 is 0. The van der Waals surface area contributed by atoms with Crippen LogP contribution in [0.5, 0.6) is 5.88 Å². The lowest BCUT2D eigenvalue weighted by atomic mass is 10.3. The third-order valence-corrected chi connectivity index (χ3v) is 5.12. The molecule has 1 aromatic carbocycles. The summed E-state index contributed by atoms with van der Waals surface area (Å²) in [6.45, 7) is 3.83. The maximum Gasteiger partial charge on any atom is 0.325 e. The van der Waals surface area contributed by atoms with Crippen molar-refractivity contribution >= 4 is 17.6 Å². The maximum absolute atomic E-state index is 13.1. The molecule has 4 rings (SSSR count). The lowest BCUT2D eigenvalue weighted by Gasteiger charge is -2.22. The second-order valence-corrected chi connectivity index (χ2v) is 7.21. The molecular formula is C20H22FN5O3. The van der Waals surface area contributed by atoms with E-state index < -0.39 is 0 Å². The average Bonchev–Trinajstić information content (AvgIpc) is 3.32. The molecule has 2 aromatic rings. The monoisotopic (exact) mass is 399 g/mol. The predicted octanol–water partition coefficient (Wildman–Crippen LogP) is 1.85. The number of halogens is 1. The molecule has 1 aromatic heterocycles. The highest BCUT2D eigenvalue weighted by molar-refractivity contribution is 5.96. The summed E-state index contributed by atoms with van der Waals surface area (Å²) in [5.41, 5.74) is 1.44. The molecule has 3 heterocycles. The molecule has 8 nitrogen and oxygen atoms in total. The molecule has 0 bridgehead atoms. The number of urea groups is 1. The minimum Gasteiger partial charge on any atom is -0.471 e. The Labute approximate surface area is 167 Å². The van der Waals surface area contributed by atoms with Gasteiger partial charge in [0.25, 0.3) is 0 Å². The van der Waals surface area contributed by atoms with Gasteiger partial charge in [0.15, 0.2) is 0 Å². The van der Waals surface area contributed by atoms with E-state index in [1.54, 1.807) is 28.0 Å². The number of carbonyl (C=O) groups excluding carboxylic acids is 2. The Kier molecular flexibility index (Phi) is 5.28. The summed E-state index contributed by atoms with van der Waals surface area (Å²) in [6, 6.07) is 9.11. The fourth-order valence-corrected chi connectivity index (χ4v) is 3.52. The van der Waals surface area contributed by atoms with Crippen LogP contribution in [0.15, 0.2) is 36.4 Å². The minimum atomic E-state index is -0.352. The lowest BCUT2D eigenvalue weighted by molar-refractivity contribution is -0.130. The Morgan fingerprint density at radius 3 is 2.66 bits per heavy atom. The van der Waals surface area contributed by atoms with E-state index in [4.69, 9.17) is 4.74 Å². The van der Waals surface area contributed by atoms with Gasteiger partial charge in [0.05, 0.1) is 12.2 Å². The van der Waals surface area contributed by atoms with E-state index in [0.717, 1.165) is 5.69 Å². The number of ether oxygens (including phenoxy) is 1. The lowest BCUT2D eigenvalue weighted by Crippen LogP contribution is -2.42. The average molecular weight is 399 g/mol. The van der Waals surface area contributed by atoms with Crippen LogP contribution in [0, 0.1) is 12.7 Å². The number of benzene rings is 1. The van der Waals surface area contributed by atoms with Crippen LogP contribution in [-0.4, -0.2) is 70.8 Å². The van der Waals surface area contributed by atoms with E-state index in [0.29, 0.717) is 44.2 Å². The first kappa shape index (κ1) is 19.1. The van der Waals surface area contributed by atoms with E-state index in [9.17, 15) is 14.0 Å². The molecule has 0 N–H and O–H groups in total. The number of aryl methyl sites for hydroxylation is 1. The van der Waals surface area contributed by atoms with E-state index in [2.05, 4.69) is 10.2 Å². The Morgan fingerprint density at radius 1 is 1.14 bits per heavy atom. The number of hydrogen-bond donors (Lipinski definition) is 0. The molecule has 9 heteroatoms. The molecule has 0 radical (unpaired) electrons. The van der Waals surface area contributed by atoms with Crippen molar-refractivity contribution in [1.82, 2.24) is 20.0 Å². The molecule has 1 unspecified atom stereocenters. The summed E-state index contributed by atoms with van der Waals surface area (Å²) in [6.07, 6.45) is 0.567. The van der Waals surface area contributed by atoms with Crippen molar-refractivity contribution in [3.05, 3.63) is 47.9 Å². The third-order valence-electron chi connectivity index (χ3n) is 5.12. The Morgan fingerprint density at radius 2 is 1.93 bits per heavy atom. The number of aromatic nitrogens is 2. The fourth-order valence-electron chi connectivity index (χ4n) is 3.52. The van der Waals surface area contributed by atoms with Crippen LogP contribution in [0.2, 0.25) is 0 Å². The summed E-state index contributed by atoms with van der Waals surface area (Å²) < 4.78 is 18.9. The second-order valence-electron chi connectivity index (χ2n) is 7.21. The van der Waals surface area contributed by atoms with Gasteiger partial charge in [-0.1, -0.05) is 0 Å². The van der Waals surface area contributed by atoms with Crippen LogP contribution in [-0.2, 0) is 4.79 Å². The van der Waals surface area contributed by atoms with Gasteiger partial charge in [0, 0.05) is 37.8 Å². The van der Waals surface area contributed by atoms with Crippen LogP contribution in [0.3, 0.4) is 0 Å². The zero-order chi connectivity index (χ0) is 20.4. The number of amides is 3. The topological polar surface area (TPSA) is 78.9 Å². The minimum absolute atomic E-state index is 0.0214. The van der Waals surface area contributed by atoms with E-state index in [1.807, 2.05) is 13.0 Å². The molecule has 2 saturated heterocycles. The molecule has 1 atom stereocenters. The first-order valence-corrected chi connectivity index (χ1v) is 9.56. The van der Waals surface area contributed by atoms with Crippen molar-refractivity contribution in [2.45, 2.75) is 19.4 Å². The first-order chi connectivity index (χ1) is 14.0. The molecule has 2 aliphatic heterocycles. The molecule has 0 aliphatic carbocycles. The second kappa shape index (κ2) is 8.02. The first-order valence-electron chi connectivity index (χ1n) is 9.56. The van der Waals surface area contributed by atoms with Crippen LogP contribution in [0.1, 0.15) is 12.1 Å². The van der Waals surface area contributed by atoms with E-state index in [1.165, 1.54) is 17.0 Å². The highest BCUT2D eigenvalue weighted by Crippen LogP contribution is 2.21. The SMILES string of the molecule is Cc1ccc(OC2CCN(C(=O)CN3CCN(c4ccc(F)cc4)C3=O)C2)nn1. The molecular weight excluding hydrogens is 377 g/mol. The van der Waals surface area contributed by atoms with Gasteiger partial charge in [0.1, 0.15) is 18.5 Å². The molecule has 2 aliphatic rings. The van der Waals surface area contributed by atoms with Crippen molar-refractivity contribution in [1.29, 1.82) is 0 Å². The molecule has 152 valence electrons. The number of carbonyl (C=O) groups is 2. The van der Waals surface area contributed by atoms with E-state index >= 15 is 0 Å². The summed E-state index contributed by atoms with van der Waals surface area (Å²) in [5, 5.41) is 7.95. The molecule has 0 saturated carbocycles. The van der Waals surface area contributed by atoms with Crippen molar-refractivity contribution in [3.8, 4) is 5.88 Å². The zero-order valence-corrected chi connectivity index (χ0v) is 16.1. The number of likely N-dealkylation sites (tertiary alicyclic amines) is 1. The van der Waals surface area contributed by atoms with Gasteiger partial charge in [-0.25, -0.2) is 9.18 Å². The predicted molar refractivity (Wildman–Crippen MR) is 103 cm³/mol. The Hall–Kier alpha value is -3.23. The van der Waals surface area contributed by atoms with Gasteiger partial charge in [-0.05, 0) is 37.3 Å². The quantitative estimate of drug-likeness (QED) is 0.767. The standard InChI is InChI=1S/C20H22FN5O3/c1-14-2-7-18(23-22-14)29-17-8-9-24(12-17)19(27)13-25-10-11-26(20(25)28)16-5-3-15(21)4-6-16/h2-7,17H,8-13H2,1H3. The number of hydrogen-bond acceptors (Lipinski definition) is 5. The van der Waals surface area contributed by atoms with Gasteiger partial charge < -0.3 is 14.5 Å². The number of rotatable bonds is 5. The normalized spacial score (nSPS) is 19.2. The third kappa shape index (κ3) is 4.28. The Balaban J connectivity index is 1.30. The number of anilines is 1. The fraction of sp³-hybridized carbons (Fsp3) is 0.400. The van der Waals surface area contributed by atoms with Gasteiger partial charge in [-0.15, -0.1) is 5.10 Å². The van der Waals surface area contributed by atoms with Crippen molar-refractivity contribution in [3.63, 3.8) is 0 Å². The van der Waals surface area contributed by atoms with Crippen LogP contribution >= 0.6 is 0 Å². The van der Waals surface area contributed by atoms with E-state index in [-0.39, 0.29) is 30.4 Å². The largest absolute Gasteiger partial charge is 0.471 e. The highest BCUT2D eigenvalue weighted by atomic mass is 19.1. The smallest absolute Gasteiger partial charge is 0.325 e. The molecule has 2 fully saturated rings. The Bertz CT molecular complexity index is 890. The van der Waals surface area contributed by atoms with Crippen molar-refractivity contribution < 1.29 is 18.7 Å². The van der Waals surface area contributed by atoms with Gasteiger partial charge in [-0.2, -0.15) is 5.10 Å². The van der Waals surface area contributed by atoms with Gasteiger partial charge in [0.2, 0.25) is 11.8 Å². The molecule has 3 amide bonds. The summed E-state index contributed by atoms with van der Waals surface area (Å²) in [4.78, 5) is 30.1. The zero-order valence-electron chi connectivity index (χ0n) is 16.1. The molecule has 29 heavy (non-hydrogen) atoms. The highest BCUT2D eigenvalue weighted by Gasteiger charge is 2.34. The van der Waals surface area contributed by atoms with Gasteiger partial charge in [-0.3, -0.25) is 9.69 Å². The molecule has 0 spiro atoms. The number of nitrogens with zero attached hydrogens (tertiary/aromatic N) is 5. The maximum atomic E-state index is 13.1. The van der Waals surface area contributed by atoms with Crippen molar-refractivity contribution in [2.75, 3.05) is 37.6 Å². The van der Waals surface area contributed by atoms with Crippen LogP contribution < -0.4 is 9.64 Å².